The summed E-state index contributed by atoms with van der Waals surface area (Å²) in [7, 11) is 0. The van der Waals surface area contributed by atoms with Crippen LogP contribution in [0.4, 0.5) is 11.5 Å². The van der Waals surface area contributed by atoms with Crippen LogP contribution in [0.3, 0.4) is 0 Å². The molecule has 0 unspecified atom stereocenters. The van der Waals surface area contributed by atoms with Crippen LogP contribution in [0, 0.1) is 0 Å². The Morgan fingerprint density at radius 1 is 0.594 bits per heavy atom. The number of benzene rings is 3. The summed E-state index contributed by atoms with van der Waals surface area (Å²) >= 11 is 1.77. The molecule has 152 valence electrons. The second-order valence-electron chi connectivity index (χ2n) is 8.07. The molecular weight excluding hydrogens is 412 g/mol. The van der Waals surface area contributed by atoms with Gasteiger partial charge in [0, 0.05) is 40.1 Å². The molecule has 0 saturated carbocycles. The fraction of sp³-hybridized carbons (Fsp3) is 0. The Morgan fingerprint density at radius 2 is 1.22 bits per heavy atom. The van der Waals surface area contributed by atoms with Crippen LogP contribution < -0.4 is 5.32 Å². The highest BCUT2D eigenvalue weighted by molar-refractivity contribution is 7.99. The van der Waals surface area contributed by atoms with Gasteiger partial charge >= 0.3 is 0 Å². The first-order chi connectivity index (χ1) is 15.8. The van der Waals surface area contributed by atoms with Crippen molar-refractivity contribution in [2.45, 2.75) is 9.79 Å². The summed E-state index contributed by atoms with van der Waals surface area (Å²) < 4.78 is 0. The molecule has 6 aromatic rings. The predicted octanol–water partition coefficient (Wildman–Crippen LogP) is 7.59. The van der Waals surface area contributed by atoms with Crippen LogP contribution in [-0.4, -0.2) is 15.0 Å². The van der Waals surface area contributed by atoms with E-state index in [0.29, 0.717) is 0 Å². The van der Waals surface area contributed by atoms with Crippen LogP contribution in [-0.2, 0) is 0 Å². The Kier molecular flexibility index (Phi) is 3.74. The van der Waals surface area contributed by atoms with Gasteiger partial charge in [0.05, 0.1) is 10.6 Å². The molecule has 32 heavy (non-hydrogen) atoms. The van der Waals surface area contributed by atoms with Crippen molar-refractivity contribution in [3.63, 3.8) is 0 Å². The molecule has 0 amide bonds. The summed E-state index contributed by atoms with van der Waals surface area (Å²) in [6.45, 7) is 0. The molecule has 0 saturated heterocycles. The van der Waals surface area contributed by atoms with E-state index in [2.05, 4.69) is 88.1 Å². The summed E-state index contributed by atoms with van der Waals surface area (Å²) in [5, 5.41) is 5.95. The lowest BCUT2D eigenvalue weighted by Gasteiger charge is -2.21. The second kappa shape index (κ2) is 6.77. The first kappa shape index (κ1) is 17.7. The van der Waals surface area contributed by atoms with Gasteiger partial charge < -0.3 is 15.3 Å². The van der Waals surface area contributed by atoms with E-state index in [0.717, 1.165) is 38.6 Å². The molecule has 1 aliphatic heterocycles. The molecule has 4 nitrogen and oxygen atoms in total. The highest BCUT2D eigenvalue weighted by Gasteiger charge is 2.18. The number of rotatable bonds is 2. The Balaban J connectivity index is 1.25. The molecular formula is C27H18N4S. The van der Waals surface area contributed by atoms with Crippen LogP contribution >= 0.6 is 11.8 Å². The monoisotopic (exact) mass is 430 g/mol. The molecule has 3 aromatic heterocycles. The second-order valence-corrected chi connectivity index (χ2v) is 9.15. The minimum atomic E-state index is 0.910. The number of nitrogens with one attached hydrogen (secondary N) is 3. The van der Waals surface area contributed by atoms with Gasteiger partial charge in [-0.05, 0) is 69.9 Å². The third kappa shape index (κ3) is 2.82. The summed E-state index contributed by atoms with van der Waals surface area (Å²) in [5.74, 6) is 0.910. The minimum Gasteiger partial charge on any atom is -0.361 e. The SMILES string of the molecule is c1cc2ccc(-c3ccc4c(c3)Sc3cc(-c5ccc6cc[nH]c6c5)cnc3N4)cc2[nH]1. The fourth-order valence-electron chi connectivity index (χ4n) is 4.36. The number of hydrogen-bond donors (Lipinski definition) is 3. The average molecular weight is 431 g/mol. The molecule has 7 rings (SSSR count). The maximum atomic E-state index is 4.72. The molecule has 5 heteroatoms. The van der Waals surface area contributed by atoms with Crippen LogP contribution in [0.1, 0.15) is 0 Å². The number of pyridine rings is 1. The quantitative estimate of drug-likeness (QED) is 0.265. The van der Waals surface area contributed by atoms with Crippen molar-refractivity contribution >= 4 is 45.1 Å². The summed E-state index contributed by atoms with van der Waals surface area (Å²) in [5.41, 5.74) is 8.09. The zero-order chi connectivity index (χ0) is 21.1. The van der Waals surface area contributed by atoms with Gasteiger partial charge in [-0.2, -0.15) is 0 Å². The van der Waals surface area contributed by atoms with Crippen molar-refractivity contribution in [2.75, 3.05) is 5.32 Å². The molecule has 0 aliphatic carbocycles. The largest absolute Gasteiger partial charge is 0.361 e. The van der Waals surface area contributed by atoms with E-state index in [9.17, 15) is 0 Å². The molecule has 0 atom stereocenters. The highest BCUT2D eigenvalue weighted by atomic mass is 32.2. The van der Waals surface area contributed by atoms with Crippen molar-refractivity contribution in [2.24, 2.45) is 0 Å². The van der Waals surface area contributed by atoms with Gasteiger partial charge in [0.15, 0.2) is 0 Å². The molecule has 0 bridgehead atoms. The van der Waals surface area contributed by atoms with E-state index in [1.54, 1.807) is 11.8 Å². The van der Waals surface area contributed by atoms with Crippen molar-refractivity contribution < 1.29 is 0 Å². The van der Waals surface area contributed by atoms with E-state index in [1.807, 2.05) is 18.6 Å². The molecule has 0 fully saturated rings. The van der Waals surface area contributed by atoms with Crippen LogP contribution in [0.5, 0.6) is 0 Å². The van der Waals surface area contributed by atoms with Gasteiger partial charge in [-0.3, -0.25) is 0 Å². The first-order valence-corrected chi connectivity index (χ1v) is 11.4. The Hall–Kier alpha value is -3.96. The number of anilines is 2. The number of fused-ring (bicyclic) bond motifs is 4. The third-order valence-electron chi connectivity index (χ3n) is 6.08. The zero-order valence-electron chi connectivity index (χ0n) is 17.0. The number of aromatic amines is 2. The van der Waals surface area contributed by atoms with E-state index in [-0.39, 0.29) is 0 Å². The minimum absolute atomic E-state index is 0.910. The number of nitrogens with zero attached hydrogens (tertiary/aromatic N) is 1. The molecule has 0 radical (unpaired) electrons. The van der Waals surface area contributed by atoms with Crippen LogP contribution in [0.2, 0.25) is 0 Å². The van der Waals surface area contributed by atoms with Crippen LogP contribution in [0.25, 0.3) is 44.1 Å². The first-order valence-electron chi connectivity index (χ1n) is 10.5. The maximum absolute atomic E-state index is 4.72. The number of hydrogen-bond acceptors (Lipinski definition) is 3. The van der Waals surface area contributed by atoms with Crippen molar-refractivity contribution in [3.05, 3.63) is 91.4 Å². The van der Waals surface area contributed by atoms with E-state index in [4.69, 9.17) is 4.98 Å². The van der Waals surface area contributed by atoms with Gasteiger partial charge in [-0.25, -0.2) is 4.98 Å². The van der Waals surface area contributed by atoms with Gasteiger partial charge in [0.1, 0.15) is 5.82 Å². The van der Waals surface area contributed by atoms with Gasteiger partial charge in [0.2, 0.25) is 0 Å². The van der Waals surface area contributed by atoms with E-state index in [1.165, 1.54) is 26.8 Å². The number of aromatic nitrogens is 3. The summed E-state index contributed by atoms with van der Waals surface area (Å²) in [6, 6.07) is 26.0. The summed E-state index contributed by atoms with van der Waals surface area (Å²) in [4.78, 5) is 13.7. The van der Waals surface area contributed by atoms with Gasteiger partial charge in [0.25, 0.3) is 0 Å². The predicted molar refractivity (Wildman–Crippen MR) is 133 cm³/mol. The zero-order valence-corrected chi connectivity index (χ0v) is 17.8. The van der Waals surface area contributed by atoms with Gasteiger partial charge in [-0.15, -0.1) is 0 Å². The van der Waals surface area contributed by atoms with Crippen molar-refractivity contribution in [1.29, 1.82) is 0 Å². The summed E-state index contributed by atoms with van der Waals surface area (Å²) in [6.07, 6.45) is 5.90. The number of H-pyrrole nitrogens is 2. The normalized spacial score (nSPS) is 12.5. The molecule has 4 heterocycles. The van der Waals surface area contributed by atoms with E-state index >= 15 is 0 Å². The van der Waals surface area contributed by atoms with Crippen molar-refractivity contribution in [3.8, 4) is 22.3 Å². The Labute approximate surface area is 188 Å². The van der Waals surface area contributed by atoms with Crippen molar-refractivity contribution in [1.82, 2.24) is 15.0 Å². The third-order valence-corrected chi connectivity index (χ3v) is 7.17. The molecule has 3 N–H and O–H groups in total. The van der Waals surface area contributed by atoms with Gasteiger partial charge in [-0.1, -0.05) is 42.1 Å². The standard InChI is InChI=1S/C27H18N4S/c1-3-18(11-23-16(1)7-9-28-23)20-5-6-22-25(13-20)32-26-14-21(15-30-27(26)31-22)19-4-2-17-8-10-29-24(17)12-19/h1-15,28-29H,(H,30,31). The maximum Gasteiger partial charge on any atom is 0.144 e. The Morgan fingerprint density at radius 3 is 1.97 bits per heavy atom. The smallest absolute Gasteiger partial charge is 0.144 e. The fourth-order valence-corrected chi connectivity index (χ4v) is 5.40. The van der Waals surface area contributed by atoms with Crippen LogP contribution in [0.15, 0.2) is 101 Å². The topological polar surface area (TPSA) is 56.5 Å². The lowest BCUT2D eigenvalue weighted by Crippen LogP contribution is -2.02. The highest BCUT2D eigenvalue weighted by Crippen LogP contribution is 2.45. The van der Waals surface area contributed by atoms with E-state index < -0.39 is 0 Å². The lowest BCUT2D eigenvalue weighted by atomic mass is 10.0. The lowest BCUT2D eigenvalue weighted by molar-refractivity contribution is 1.20. The average Bonchev–Trinajstić information content (AvgIpc) is 3.50. The molecule has 3 aromatic carbocycles. The molecule has 0 spiro atoms. The molecule has 1 aliphatic rings. The Bertz CT molecular complexity index is 1520.